The minimum atomic E-state index is -0.937. The molecule has 6 nitrogen and oxygen atoms in total. The van der Waals surface area contributed by atoms with Crippen LogP contribution in [0.5, 0.6) is 5.75 Å². The summed E-state index contributed by atoms with van der Waals surface area (Å²) in [5.74, 6) is 1.31. The third kappa shape index (κ3) is 4.27. The van der Waals surface area contributed by atoms with E-state index >= 15 is 0 Å². The first-order chi connectivity index (χ1) is 14.4. The summed E-state index contributed by atoms with van der Waals surface area (Å²) in [6.07, 6.45) is 4.78. The zero-order valence-corrected chi connectivity index (χ0v) is 17.8. The van der Waals surface area contributed by atoms with Gasteiger partial charge in [0.1, 0.15) is 5.75 Å². The SMILES string of the molecule is CC1CCCC(n2c(Nc3ccc(OC(C)C)cc3)nc3cc(C(=O)O)ccc32)C1. The van der Waals surface area contributed by atoms with E-state index in [-0.39, 0.29) is 11.7 Å². The second kappa shape index (κ2) is 8.38. The number of nitrogens with zero attached hydrogens (tertiary/aromatic N) is 2. The summed E-state index contributed by atoms with van der Waals surface area (Å²) >= 11 is 0. The highest BCUT2D eigenvalue weighted by atomic mass is 16.5. The van der Waals surface area contributed by atoms with Crippen LogP contribution in [0, 0.1) is 5.92 Å². The smallest absolute Gasteiger partial charge is 0.335 e. The van der Waals surface area contributed by atoms with Crippen molar-refractivity contribution in [1.82, 2.24) is 9.55 Å². The molecule has 0 amide bonds. The lowest BCUT2D eigenvalue weighted by atomic mass is 9.87. The summed E-state index contributed by atoms with van der Waals surface area (Å²) in [4.78, 5) is 16.2. The largest absolute Gasteiger partial charge is 0.491 e. The van der Waals surface area contributed by atoms with Crippen molar-refractivity contribution < 1.29 is 14.6 Å². The van der Waals surface area contributed by atoms with Crippen molar-refractivity contribution in [3.8, 4) is 5.75 Å². The van der Waals surface area contributed by atoms with Gasteiger partial charge in [0.15, 0.2) is 0 Å². The zero-order valence-electron chi connectivity index (χ0n) is 17.8. The molecule has 0 saturated heterocycles. The minimum Gasteiger partial charge on any atom is -0.491 e. The van der Waals surface area contributed by atoms with Crippen molar-refractivity contribution in [2.75, 3.05) is 5.32 Å². The molecule has 1 aliphatic carbocycles. The van der Waals surface area contributed by atoms with Crippen molar-refractivity contribution in [1.29, 1.82) is 0 Å². The van der Waals surface area contributed by atoms with Crippen LogP contribution < -0.4 is 10.1 Å². The fourth-order valence-electron chi connectivity index (χ4n) is 4.34. The van der Waals surface area contributed by atoms with Crippen LogP contribution in [0.2, 0.25) is 0 Å². The van der Waals surface area contributed by atoms with Crippen LogP contribution >= 0.6 is 0 Å². The quantitative estimate of drug-likeness (QED) is 0.523. The Kier molecular flexibility index (Phi) is 5.66. The summed E-state index contributed by atoms with van der Waals surface area (Å²) in [6.45, 7) is 6.31. The van der Waals surface area contributed by atoms with Crippen LogP contribution in [-0.2, 0) is 0 Å². The molecule has 1 aliphatic rings. The molecule has 0 bridgehead atoms. The Labute approximate surface area is 176 Å². The number of anilines is 2. The molecule has 1 fully saturated rings. The van der Waals surface area contributed by atoms with Gasteiger partial charge in [0.25, 0.3) is 0 Å². The number of hydrogen-bond acceptors (Lipinski definition) is 4. The molecule has 6 heteroatoms. The lowest BCUT2D eigenvalue weighted by Crippen LogP contribution is -2.19. The second-order valence-corrected chi connectivity index (χ2v) is 8.56. The molecule has 2 atom stereocenters. The van der Waals surface area contributed by atoms with E-state index in [4.69, 9.17) is 9.72 Å². The number of carboxylic acids is 1. The van der Waals surface area contributed by atoms with Gasteiger partial charge in [-0.05, 0) is 75.1 Å². The number of hydrogen-bond donors (Lipinski definition) is 2. The Morgan fingerprint density at radius 1 is 1.20 bits per heavy atom. The first-order valence-corrected chi connectivity index (χ1v) is 10.7. The van der Waals surface area contributed by atoms with Gasteiger partial charge in [0, 0.05) is 11.7 Å². The van der Waals surface area contributed by atoms with Gasteiger partial charge in [-0.15, -0.1) is 0 Å². The van der Waals surface area contributed by atoms with Crippen molar-refractivity contribution in [3.63, 3.8) is 0 Å². The molecule has 1 saturated carbocycles. The van der Waals surface area contributed by atoms with Crippen LogP contribution in [-0.4, -0.2) is 26.7 Å². The maximum absolute atomic E-state index is 11.4. The topological polar surface area (TPSA) is 76.4 Å². The number of benzene rings is 2. The van der Waals surface area contributed by atoms with Gasteiger partial charge >= 0.3 is 5.97 Å². The Bertz CT molecular complexity index is 1040. The number of carbonyl (C=O) groups is 1. The van der Waals surface area contributed by atoms with Gasteiger partial charge < -0.3 is 19.7 Å². The maximum atomic E-state index is 11.4. The molecule has 4 rings (SSSR count). The molecule has 30 heavy (non-hydrogen) atoms. The van der Waals surface area contributed by atoms with Crippen molar-refractivity contribution in [2.24, 2.45) is 5.92 Å². The molecule has 0 radical (unpaired) electrons. The van der Waals surface area contributed by atoms with Crippen molar-refractivity contribution >= 4 is 28.6 Å². The monoisotopic (exact) mass is 407 g/mol. The summed E-state index contributed by atoms with van der Waals surface area (Å²) in [6, 6.07) is 13.4. The van der Waals surface area contributed by atoms with Gasteiger partial charge in [0.2, 0.25) is 5.95 Å². The normalized spacial score (nSPS) is 19.2. The second-order valence-electron chi connectivity index (χ2n) is 8.56. The van der Waals surface area contributed by atoms with Gasteiger partial charge in [-0.25, -0.2) is 9.78 Å². The Hall–Kier alpha value is -3.02. The van der Waals surface area contributed by atoms with Crippen LogP contribution in [0.15, 0.2) is 42.5 Å². The molecule has 0 spiro atoms. The maximum Gasteiger partial charge on any atom is 0.335 e. The predicted octanol–water partition coefficient (Wildman–Crippen LogP) is 6.02. The molecule has 2 N–H and O–H groups in total. The third-order valence-corrected chi connectivity index (χ3v) is 5.69. The molecular formula is C24H29N3O3. The van der Waals surface area contributed by atoms with Crippen LogP contribution in [0.3, 0.4) is 0 Å². The Morgan fingerprint density at radius 2 is 1.97 bits per heavy atom. The van der Waals surface area contributed by atoms with Gasteiger partial charge in [-0.3, -0.25) is 0 Å². The number of carboxylic acid groups (broad SMARTS) is 1. The standard InChI is InChI=1S/C24H29N3O3/c1-15(2)30-20-10-8-18(9-11-20)25-24-26-21-14-17(23(28)29)7-12-22(21)27(24)19-6-4-5-16(3)13-19/h7-12,14-16,19H,4-6,13H2,1-3H3,(H,25,26)(H,28,29). The molecule has 158 valence electrons. The molecule has 2 aromatic carbocycles. The molecule has 1 heterocycles. The van der Waals surface area contributed by atoms with Gasteiger partial charge in [-0.1, -0.05) is 19.8 Å². The summed E-state index contributed by atoms with van der Waals surface area (Å²) in [7, 11) is 0. The fourth-order valence-corrected chi connectivity index (χ4v) is 4.34. The van der Waals surface area contributed by atoms with E-state index in [1.807, 2.05) is 44.2 Å². The Balaban J connectivity index is 1.71. The van der Waals surface area contributed by atoms with Crippen LogP contribution in [0.1, 0.15) is 62.9 Å². The summed E-state index contributed by atoms with van der Waals surface area (Å²) in [5.41, 5.74) is 2.85. The van der Waals surface area contributed by atoms with Gasteiger partial charge in [0.05, 0.1) is 22.7 Å². The summed E-state index contributed by atoms with van der Waals surface area (Å²) in [5, 5.41) is 12.8. The van der Waals surface area contributed by atoms with Crippen LogP contribution in [0.25, 0.3) is 11.0 Å². The average Bonchev–Trinajstić information content (AvgIpc) is 3.06. The fraction of sp³-hybridized carbons (Fsp3) is 0.417. The van der Waals surface area contributed by atoms with Crippen molar-refractivity contribution in [2.45, 2.75) is 58.6 Å². The van der Waals surface area contributed by atoms with E-state index in [1.54, 1.807) is 12.1 Å². The van der Waals surface area contributed by atoms with E-state index in [1.165, 1.54) is 12.8 Å². The third-order valence-electron chi connectivity index (χ3n) is 5.69. The highest BCUT2D eigenvalue weighted by Gasteiger charge is 2.25. The first kappa shape index (κ1) is 20.3. The number of nitrogens with one attached hydrogen (secondary N) is 1. The van der Waals surface area contributed by atoms with E-state index in [9.17, 15) is 9.90 Å². The minimum absolute atomic E-state index is 0.129. The first-order valence-electron chi connectivity index (χ1n) is 10.7. The molecule has 1 aromatic heterocycles. The van der Waals surface area contributed by atoms with E-state index < -0.39 is 5.97 Å². The number of fused-ring (bicyclic) bond motifs is 1. The lowest BCUT2D eigenvalue weighted by molar-refractivity contribution is 0.0697. The van der Waals surface area contributed by atoms with E-state index in [0.29, 0.717) is 17.5 Å². The number of imidazole rings is 1. The lowest BCUT2D eigenvalue weighted by Gasteiger charge is -2.29. The van der Waals surface area contributed by atoms with E-state index in [2.05, 4.69) is 16.8 Å². The zero-order chi connectivity index (χ0) is 21.3. The van der Waals surface area contributed by atoms with Crippen molar-refractivity contribution in [3.05, 3.63) is 48.0 Å². The molecular weight excluding hydrogens is 378 g/mol. The number of ether oxygens (including phenoxy) is 1. The van der Waals surface area contributed by atoms with E-state index in [0.717, 1.165) is 35.7 Å². The average molecular weight is 408 g/mol. The summed E-state index contributed by atoms with van der Waals surface area (Å²) < 4.78 is 7.99. The predicted molar refractivity (Wildman–Crippen MR) is 119 cm³/mol. The Morgan fingerprint density at radius 3 is 2.63 bits per heavy atom. The molecule has 0 aliphatic heterocycles. The molecule has 3 aromatic rings. The highest BCUT2D eigenvalue weighted by molar-refractivity contribution is 5.93. The number of aromatic nitrogens is 2. The highest BCUT2D eigenvalue weighted by Crippen LogP contribution is 2.37. The van der Waals surface area contributed by atoms with Crippen LogP contribution in [0.4, 0.5) is 11.6 Å². The molecule has 2 unspecified atom stereocenters. The number of rotatable bonds is 6. The van der Waals surface area contributed by atoms with Gasteiger partial charge in [-0.2, -0.15) is 0 Å². The number of aromatic carboxylic acids is 1.